The summed E-state index contributed by atoms with van der Waals surface area (Å²) in [5.74, 6) is 0. The molecule has 0 saturated carbocycles. The Morgan fingerprint density at radius 1 is 1.10 bits per heavy atom. The van der Waals surface area contributed by atoms with Gasteiger partial charge in [0.15, 0.2) is 0 Å². The van der Waals surface area contributed by atoms with E-state index in [1.807, 2.05) is 24.3 Å². The molecular formula is C16H13N3O2. The Balaban J connectivity index is 1.89. The third kappa shape index (κ3) is 2.67. The highest BCUT2D eigenvalue weighted by atomic mass is 16.6. The van der Waals surface area contributed by atoms with Crippen LogP contribution in [0.2, 0.25) is 0 Å². The molecular weight excluding hydrogens is 266 g/mol. The van der Waals surface area contributed by atoms with Gasteiger partial charge in [0.1, 0.15) is 0 Å². The van der Waals surface area contributed by atoms with Crippen molar-refractivity contribution in [1.82, 2.24) is 4.98 Å². The number of fused-ring (bicyclic) bond motifs is 1. The fraction of sp³-hybridized carbons (Fsp3) is 0.0625. The third-order valence-electron chi connectivity index (χ3n) is 3.34. The van der Waals surface area contributed by atoms with E-state index in [4.69, 9.17) is 0 Å². The first kappa shape index (κ1) is 13.1. The molecule has 0 amide bonds. The van der Waals surface area contributed by atoms with E-state index in [1.54, 1.807) is 30.6 Å². The topological polar surface area (TPSA) is 68.1 Å². The quantitative estimate of drug-likeness (QED) is 0.583. The summed E-state index contributed by atoms with van der Waals surface area (Å²) < 4.78 is 0. The van der Waals surface area contributed by atoms with Gasteiger partial charge in [-0.1, -0.05) is 30.3 Å². The van der Waals surface area contributed by atoms with E-state index in [0.29, 0.717) is 12.1 Å². The minimum Gasteiger partial charge on any atom is -0.380 e. The van der Waals surface area contributed by atoms with Gasteiger partial charge in [0, 0.05) is 47.0 Å². The van der Waals surface area contributed by atoms with Crippen LogP contribution in [0.4, 0.5) is 11.4 Å². The van der Waals surface area contributed by atoms with E-state index < -0.39 is 0 Å². The molecule has 0 atom stereocenters. The van der Waals surface area contributed by atoms with Gasteiger partial charge in [-0.05, 0) is 12.1 Å². The zero-order chi connectivity index (χ0) is 14.7. The van der Waals surface area contributed by atoms with E-state index >= 15 is 0 Å². The number of nitro groups is 1. The average Bonchev–Trinajstić information content (AvgIpc) is 2.53. The largest absolute Gasteiger partial charge is 0.380 e. The van der Waals surface area contributed by atoms with Crippen LogP contribution >= 0.6 is 0 Å². The molecule has 0 aliphatic heterocycles. The van der Waals surface area contributed by atoms with Crippen molar-refractivity contribution in [1.29, 1.82) is 0 Å². The molecule has 5 heteroatoms. The lowest BCUT2D eigenvalue weighted by molar-refractivity contribution is -0.385. The molecule has 0 unspecified atom stereocenters. The van der Waals surface area contributed by atoms with E-state index in [2.05, 4.69) is 10.3 Å². The lowest BCUT2D eigenvalue weighted by Gasteiger charge is -2.09. The molecule has 0 aliphatic carbocycles. The van der Waals surface area contributed by atoms with Crippen LogP contribution in [0.5, 0.6) is 0 Å². The molecule has 0 bridgehead atoms. The summed E-state index contributed by atoms with van der Waals surface area (Å²) in [7, 11) is 0. The number of anilines is 1. The Labute approximate surface area is 121 Å². The van der Waals surface area contributed by atoms with Crippen molar-refractivity contribution in [3.05, 3.63) is 76.6 Å². The monoisotopic (exact) mass is 279 g/mol. The maximum Gasteiger partial charge on any atom is 0.274 e. The molecule has 0 fully saturated rings. The van der Waals surface area contributed by atoms with Gasteiger partial charge < -0.3 is 5.32 Å². The highest BCUT2D eigenvalue weighted by Crippen LogP contribution is 2.24. The maximum absolute atomic E-state index is 11.0. The smallest absolute Gasteiger partial charge is 0.274 e. The minimum atomic E-state index is -0.357. The predicted octanol–water partition coefficient (Wildman–Crippen LogP) is 3.76. The van der Waals surface area contributed by atoms with E-state index in [-0.39, 0.29) is 10.6 Å². The molecule has 3 aromatic rings. The molecule has 1 heterocycles. The van der Waals surface area contributed by atoms with Crippen LogP contribution in [-0.4, -0.2) is 9.91 Å². The number of hydrogen-bond acceptors (Lipinski definition) is 4. The number of rotatable bonds is 4. The van der Waals surface area contributed by atoms with Crippen molar-refractivity contribution in [2.24, 2.45) is 0 Å². The van der Waals surface area contributed by atoms with Gasteiger partial charge in [-0.15, -0.1) is 0 Å². The molecule has 5 nitrogen and oxygen atoms in total. The summed E-state index contributed by atoms with van der Waals surface area (Å²) >= 11 is 0. The SMILES string of the molecule is O=[N+]([O-])c1ccccc1CNc1cccc2cnccc12. The first-order valence-corrected chi connectivity index (χ1v) is 6.54. The second-order valence-corrected chi connectivity index (χ2v) is 4.64. The highest BCUT2D eigenvalue weighted by molar-refractivity contribution is 5.93. The fourth-order valence-electron chi connectivity index (χ4n) is 2.31. The number of aromatic nitrogens is 1. The van der Waals surface area contributed by atoms with Crippen LogP contribution < -0.4 is 5.32 Å². The summed E-state index contributed by atoms with van der Waals surface area (Å²) in [6.45, 7) is 0.401. The first-order valence-electron chi connectivity index (χ1n) is 6.54. The van der Waals surface area contributed by atoms with Crippen molar-refractivity contribution >= 4 is 22.1 Å². The standard InChI is InChI=1S/C16H13N3O2/c20-19(21)16-7-2-1-4-13(16)11-18-15-6-3-5-12-10-17-9-8-14(12)15/h1-10,18H,11H2. The fourth-order valence-corrected chi connectivity index (χ4v) is 2.31. The molecule has 3 rings (SSSR count). The van der Waals surface area contributed by atoms with Gasteiger partial charge >= 0.3 is 0 Å². The number of pyridine rings is 1. The number of para-hydroxylation sites is 1. The molecule has 1 aromatic heterocycles. The van der Waals surface area contributed by atoms with Crippen molar-refractivity contribution in [2.75, 3.05) is 5.32 Å². The normalized spacial score (nSPS) is 10.5. The summed E-state index contributed by atoms with van der Waals surface area (Å²) in [4.78, 5) is 14.8. The Kier molecular flexibility index (Phi) is 3.47. The Bertz CT molecular complexity index is 797. The van der Waals surface area contributed by atoms with Gasteiger partial charge in [-0.2, -0.15) is 0 Å². The lowest BCUT2D eigenvalue weighted by atomic mass is 10.1. The van der Waals surface area contributed by atoms with Gasteiger partial charge in [0.2, 0.25) is 0 Å². The number of nitro benzene ring substituents is 1. The van der Waals surface area contributed by atoms with Gasteiger partial charge in [-0.3, -0.25) is 15.1 Å². The van der Waals surface area contributed by atoms with Crippen LogP contribution in [0.25, 0.3) is 10.8 Å². The highest BCUT2D eigenvalue weighted by Gasteiger charge is 2.12. The zero-order valence-electron chi connectivity index (χ0n) is 11.2. The molecule has 0 spiro atoms. The van der Waals surface area contributed by atoms with E-state index in [0.717, 1.165) is 16.5 Å². The molecule has 104 valence electrons. The first-order chi connectivity index (χ1) is 10.3. The van der Waals surface area contributed by atoms with Crippen LogP contribution in [-0.2, 0) is 6.54 Å². The van der Waals surface area contributed by atoms with Crippen LogP contribution in [0.1, 0.15) is 5.56 Å². The van der Waals surface area contributed by atoms with Crippen LogP contribution in [0, 0.1) is 10.1 Å². The Morgan fingerprint density at radius 2 is 1.95 bits per heavy atom. The van der Waals surface area contributed by atoms with Gasteiger partial charge in [-0.25, -0.2) is 0 Å². The zero-order valence-corrected chi connectivity index (χ0v) is 11.2. The van der Waals surface area contributed by atoms with Crippen molar-refractivity contribution in [3.8, 4) is 0 Å². The number of benzene rings is 2. The maximum atomic E-state index is 11.0. The lowest BCUT2D eigenvalue weighted by Crippen LogP contribution is -2.03. The molecule has 0 aliphatic rings. The van der Waals surface area contributed by atoms with Crippen molar-refractivity contribution < 1.29 is 4.92 Å². The van der Waals surface area contributed by atoms with Crippen molar-refractivity contribution in [2.45, 2.75) is 6.54 Å². The summed E-state index contributed by atoms with van der Waals surface area (Å²) in [6, 6.07) is 14.6. The predicted molar refractivity (Wildman–Crippen MR) is 82.2 cm³/mol. The molecule has 1 N–H and O–H groups in total. The van der Waals surface area contributed by atoms with E-state index in [1.165, 1.54) is 6.07 Å². The van der Waals surface area contributed by atoms with Crippen molar-refractivity contribution in [3.63, 3.8) is 0 Å². The summed E-state index contributed by atoms with van der Waals surface area (Å²) in [6.07, 6.45) is 3.53. The molecule has 2 aromatic carbocycles. The Hall–Kier alpha value is -2.95. The van der Waals surface area contributed by atoms with Gasteiger partial charge in [0.25, 0.3) is 5.69 Å². The number of nitrogens with zero attached hydrogens (tertiary/aromatic N) is 2. The molecule has 21 heavy (non-hydrogen) atoms. The second kappa shape index (κ2) is 5.58. The number of nitrogens with one attached hydrogen (secondary N) is 1. The van der Waals surface area contributed by atoms with Gasteiger partial charge in [0.05, 0.1) is 4.92 Å². The summed E-state index contributed by atoms with van der Waals surface area (Å²) in [5, 5.41) is 16.4. The second-order valence-electron chi connectivity index (χ2n) is 4.64. The Morgan fingerprint density at radius 3 is 2.81 bits per heavy atom. The molecule has 0 radical (unpaired) electrons. The number of hydrogen-bond donors (Lipinski definition) is 1. The van der Waals surface area contributed by atoms with E-state index in [9.17, 15) is 10.1 Å². The van der Waals surface area contributed by atoms with Crippen LogP contribution in [0.15, 0.2) is 60.9 Å². The van der Waals surface area contributed by atoms with Crippen LogP contribution in [0.3, 0.4) is 0 Å². The minimum absolute atomic E-state index is 0.131. The average molecular weight is 279 g/mol. The molecule has 0 saturated heterocycles. The summed E-state index contributed by atoms with van der Waals surface area (Å²) in [5.41, 5.74) is 1.73. The third-order valence-corrected chi connectivity index (χ3v) is 3.34.